The number of carbonyl (C=O) groups is 1. The summed E-state index contributed by atoms with van der Waals surface area (Å²) in [7, 11) is 1.93. The van der Waals surface area contributed by atoms with Crippen LogP contribution in [0.2, 0.25) is 0 Å². The minimum absolute atomic E-state index is 0.0331. The number of carbonyl (C=O) groups excluding carboxylic acids is 1. The van der Waals surface area contributed by atoms with Crippen molar-refractivity contribution >= 4 is 11.6 Å². The van der Waals surface area contributed by atoms with Crippen LogP contribution in [0.1, 0.15) is 12.0 Å². The highest BCUT2D eigenvalue weighted by Crippen LogP contribution is 2.21. The van der Waals surface area contributed by atoms with E-state index in [1.165, 1.54) is 10.6 Å². The zero-order valence-corrected chi connectivity index (χ0v) is 9.40. The second-order valence-electron chi connectivity index (χ2n) is 3.79. The van der Waals surface area contributed by atoms with Crippen LogP contribution in [0.25, 0.3) is 0 Å². The van der Waals surface area contributed by atoms with Crippen LogP contribution in [0.3, 0.4) is 0 Å². The number of rotatable bonds is 4. The second-order valence-corrected chi connectivity index (χ2v) is 3.79. The number of hydrogen-bond donors (Lipinski definition) is 1. The highest BCUT2D eigenvalue weighted by atomic mass is 16.7. The van der Waals surface area contributed by atoms with Crippen molar-refractivity contribution in [1.82, 2.24) is 5.32 Å². The molecule has 1 aliphatic heterocycles. The van der Waals surface area contributed by atoms with Gasteiger partial charge in [0.15, 0.2) is 0 Å². The van der Waals surface area contributed by atoms with Crippen LogP contribution >= 0.6 is 0 Å². The summed E-state index contributed by atoms with van der Waals surface area (Å²) in [6, 6.07) is 7.91. The molecule has 4 heteroatoms. The Balaban J connectivity index is 2.12. The number of benzene rings is 1. The number of anilines is 1. The van der Waals surface area contributed by atoms with E-state index in [-0.39, 0.29) is 5.91 Å². The number of amides is 1. The first kappa shape index (κ1) is 11.1. The lowest BCUT2D eigenvalue weighted by molar-refractivity contribution is -0.119. The Kier molecular flexibility index (Phi) is 3.54. The van der Waals surface area contributed by atoms with Crippen molar-refractivity contribution in [2.75, 3.05) is 25.3 Å². The molecule has 0 aliphatic carbocycles. The SMILES string of the molecule is CNCCc1cccc(N2OCCC2=O)c1. The van der Waals surface area contributed by atoms with Gasteiger partial charge in [-0.25, -0.2) is 0 Å². The smallest absolute Gasteiger partial charge is 0.253 e. The Morgan fingerprint density at radius 2 is 2.38 bits per heavy atom. The quantitative estimate of drug-likeness (QED) is 0.826. The van der Waals surface area contributed by atoms with E-state index in [0.717, 1.165) is 18.7 Å². The maximum atomic E-state index is 11.5. The molecule has 0 spiro atoms. The molecule has 1 fully saturated rings. The minimum Gasteiger partial charge on any atom is -0.319 e. The largest absolute Gasteiger partial charge is 0.319 e. The molecule has 0 bridgehead atoms. The maximum absolute atomic E-state index is 11.5. The first-order valence-corrected chi connectivity index (χ1v) is 5.50. The Morgan fingerprint density at radius 3 is 3.06 bits per heavy atom. The summed E-state index contributed by atoms with van der Waals surface area (Å²) < 4.78 is 0. The third kappa shape index (κ3) is 2.40. The molecule has 0 radical (unpaired) electrons. The number of nitrogens with zero attached hydrogens (tertiary/aromatic N) is 1. The van der Waals surface area contributed by atoms with Crippen molar-refractivity contribution < 1.29 is 9.63 Å². The standard InChI is InChI=1S/C12H16N2O2/c1-13-7-5-10-3-2-4-11(9-10)14-12(15)6-8-16-14/h2-4,9,13H,5-8H2,1H3. The van der Waals surface area contributed by atoms with Crippen molar-refractivity contribution in [1.29, 1.82) is 0 Å². The van der Waals surface area contributed by atoms with Gasteiger partial charge in [-0.3, -0.25) is 9.63 Å². The van der Waals surface area contributed by atoms with Gasteiger partial charge in [0.05, 0.1) is 18.7 Å². The van der Waals surface area contributed by atoms with E-state index in [0.29, 0.717) is 13.0 Å². The molecule has 1 amide bonds. The average Bonchev–Trinajstić information content (AvgIpc) is 2.73. The van der Waals surface area contributed by atoms with Gasteiger partial charge in [-0.15, -0.1) is 0 Å². The highest BCUT2D eigenvalue weighted by molar-refractivity contribution is 5.92. The molecule has 1 saturated heterocycles. The van der Waals surface area contributed by atoms with Gasteiger partial charge in [-0.05, 0) is 37.7 Å². The summed E-state index contributed by atoms with van der Waals surface area (Å²) in [5, 5.41) is 4.49. The molecule has 0 unspecified atom stereocenters. The second kappa shape index (κ2) is 5.09. The normalized spacial score (nSPS) is 15.8. The van der Waals surface area contributed by atoms with E-state index in [1.807, 2.05) is 25.2 Å². The molecule has 0 aromatic heterocycles. The van der Waals surface area contributed by atoms with E-state index in [9.17, 15) is 4.79 Å². The number of hydrogen-bond acceptors (Lipinski definition) is 3. The zero-order chi connectivity index (χ0) is 11.4. The van der Waals surface area contributed by atoms with Crippen LogP contribution in [0, 0.1) is 0 Å². The predicted molar refractivity (Wildman–Crippen MR) is 62.1 cm³/mol. The topological polar surface area (TPSA) is 41.6 Å². The van der Waals surface area contributed by atoms with Gasteiger partial charge >= 0.3 is 0 Å². The molecular weight excluding hydrogens is 204 g/mol. The molecule has 86 valence electrons. The first-order chi connectivity index (χ1) is 7.81. The van der Waals surface area contributed by atoms with Crippen LogP contribution in [0.5, 0.6) is 0 Å². The van der Waals surface area contributed by atoms with Gasteiger partial charge in [0, 0.05) is 0 Å². The Labute approximate surface area is 95.2 Å². The van der Waals surface area contributed by atoms with Crippen molar-refractivity contribution in [3.8, 4) is 0 Å². The molecule has 1 aliphatic rings. The van der Waals surface area contributed by atoms with E-state index >= 15 is 0 Å². The Morgan fingerprint density at radius 1 is 1.50 bits per heavy atom. The fourth-order valence-electron chi connectivity index (χ4n) is 1.72. The van der Waals surface area contributed by atoms with Crippen LogP contribution in [-0.2, 0) is 16.1 Å². The first-order valence-electron chi connectivity index (χ1n) is 5.50. The van der Waals surface area contributed by atoms with E-state index in [4.69, 9.17) is 4.84 Å². The zero-order valence-electron chi connectivity index (χ0n) is 9.40. The van der Waals surface area contributed by atoms with Gasteiger partial charge in [0.1, 0.15) is 0 Å². The summed E-state index contributed by atoms with van der Waals surface area (Å²) in [5.41, 5.74) is 2.03. The minimum atomic E-state index is 0.0331. The molecule has 1 aromatic carbocycles. The Bertz CT molecular complexity index is 379. The van der Waals surface area contributed by atoms with Crippen LogP contribution < -0.4 is 10.4 Å². The van der Waals surface area contributed by atoms with Gasteiger partial charge in [-0.2, -0.15) is 5.06 Å². The average molecular weight is 220 g/mol. The van der Waals surface area contributed by atoms with E-state index in [1.54, 1.807) is 0 Å². The van der Waals surface area contributed by atoms with Gasteiger partial charge in [-0.1, -0.05) is 12.1 Å². The molecule has 2 rings (SSSR count). The lowest BCUT2D eigenvalue weighted by Gasteiger charge is -2.14. The van der Waals surface area contributed by atoms with Gasteiger partial charge in [0.2, 0.25) is 0 Å². The van der Waals surface area contributed by atoms with Gasteiger partial charge in [0.25, 0.3) is 5.91 Å². The summed E-state index contributed by atoms with van der Waals surface area (Å²) in [4.78, 5) is 16.8. The van der Waals surface area contributed by atoms with Crippen molar-refractivity contribution in [3.05, 3.63) is 29.8 Å². The van der Waals surface area contributed by atoms with Crippen molar-refractivity contribution in [3.63, 3.8) is 0 Å². The van der Waals surface area contributed by atoms with Crippen LogP contribution in [0.4, 0.5) is 5.69 Å². The summed E-state index contributed by atoms with van der Waals surface area (Å²) in [6.07, 6.45) is 1.42. The molecule has 1 heterocycles. The molecular formula is C12H16N2O2. The molecule has 1 N–H and O–H groups in total. The third-order valence-electron chi connectivity index (χ3n) is 2.57. The van der Waals surface area contributed by atoms with Crippen molar-refractivity contribution in [2.45, 2.75) is 12.8 Å². The van der Waals surface area contributed by atoms with E-state index in [2.05, 4.69) is 11.4 Å². The van der Waals surface area contributed by atoms with Crippen LogP contribution in [0.15, 0.2) is 24.3 Å². The fraction of sp³-hybridized carbons (Fsp3) is 0.417. The number of nitrogens with one attached hydrogen (secondary N) is 1. The molecule has 1 aromatic rings. The van der Waals surface area contributed by atoms with Crippen LogP contribution in [-0.4, -0.2) is 26.1 Å². The molecule has 0 atom stereocenters. The molecule has 0 saturated carbocycles. The van der Waals surface area contributed by atoms with E-state index < -0.39 is 0 Å². The summed E-state index contributed by atoms with van der Waals surface area (Å²) in [5.74, 6) is 0.0331. The molecule has 4 nitrogen and oxygen atoms in total. The lowest BCUT2D eigenvalue weighted by atomic mass is 10.1. The summed E-state index contributed by atoms with van der Waals surface area (Å²) in [6.45, 7) is 1.41. The molecule has 16 heavy (non-hydrogen) atoms. The highest BCUT2D eigenvalue weighted by Gasteiger charge is 2.23. The fourth-order valence-corrected chi connectivity index (χ4v) is 1.72. The third-order valence-corrected chi connectivity index (χ3v) is 2.57. The number of hydroxylamine groups is 1. The van der Waals surface area contributed by atoms with Gasteiger partial charge < -0.3 is 5.32 Å². The van der Waals surface area contributed by atoms with Crippen molar-refractivity contribution in [2.24, 2.45) is 0 Å². The summed E-state index contributed by atoms with van der Waals surface area (Å²) >= 11 is 0. The predicted octanol–water partition coefficient (Wildman–Crippen LogP) is 1.12. The Hall–Kier alpha value is -1.39. The maximum Gasteiger partial charge on any atom is 0.253 e. The lowest BCUT2D eigenvalue weighted by Crippen LogP contribution is -2.22. The number of likely N-dealkylation sites (N-methyl/N-ethyl adjacent to an activating group) is 1. The monoisotopic (exact) mass is 220 g/mol.